The number of aromatic nitrogens is 4. The molecule has 0 saturated carbocycles. The number of carbonyl (C=O) groups is 3. The molecule has 2 atom stereocenters. The van der Waals surface area contributed by atoms with E-state index >= 15 is 0 Å². The molecule has 10 nitrogen and oxygen atoms in total. The Bertz CT molecular complexity index is 678. The summed E-state index contributed by atoms with van der Waals surface area (Å²) in [6, 6.07) is -0.753. The molecule has 23 heavy (non-hydrogen) atoms. The summed E-state index contributed by atoms with van der Waals surface area (Å²) in [5, 5.41) is 23.7. The fourth-order valence-corrected chi connectivity index (χ4v) is 3.67. The third kappa shape index (κ3) is 3.27. The molecule has 116 valence electrons. The molecule has 0 aromatic carbocycles. The van der Waals surface area contributed by atoms with Crippen LogP contribution in [0.2, 0.25) is 0 Å². The number of tetrazole rings is 1. The van der Waals surface area contributed by atoms with Crippen LogP contribution in [-0.2, 0) is 20.9 Å². The molecular formula is C11H11N6NaO4S. The van der Waals surface area contributed by atoms with Gasteiger partial charge in [0.15, 0.2) is 0 Å². The van der Waals surface area contributed by atoms with Gasteiger partial charge in [-0.1, -0.05) is 0 Å². The third-order valence-electron chi connectivity index (χ3n) is 3.37. The van der Waals surface area contributed by atoms with E-state index in [0.717, 1.165) is 0 Å². The summed E-state index contributed by atoms with van der Waals surface area (Å²) >= 11 is 1.40. The SMILES string of the molecule is CC1=C(C(=O)[O-])N2C(=O)[C@@H](NC(=O)Cn3cnnn3)[C@H]2SC1.[Na+]. The van der Waals surface area contributed by atoms with Crippen molar-refractivity contribution in [1.82, 2.24) is 30.4 Å². The summed E-state index contributed by atoms with van der Waals surface area (Å²) in [6.07, 6.45) is 1.28. The third-order valence-corrected chi connectivity index (χ3v) is 4.79. The summed E-state index contributed by atoms with van der Waals surface area (Å²) in [7, 11) is 0. The van der Waals surface area contributed by atoms with Crippen molar-refractivity contribution in [2.75, 3.05) is 5.75 Å². The molecule has 3 heterocycles. The van der Waals surface area contributed by atoms with Gasteiger partial charge in [0, 0.05) is 5.75 Å². The number of thioether (sulfide) groups is 1. The maximum absolute atomic E-state index is 12.1. The van der Waals surface area contributed by atoms with Crippen molar-refractivity contribution in [1.29, 1.82) is 0 Å². The van der Waals surface area contributed by atoms with Gasteiger partial charge in [-0.05, 0) is 22.9 Å². The number of fused-ring (bicyclic) bond motifs is 1. The number of rotatable bonds is 4. The molecule has 0 unspecified atom stereocenters. The predicted octanol–water partition coefficient (Wildman–Crippen LogP) is -5.90. The molecule has 1 N–H and O–H groups in total. The smallest absolute Gasteiger partial charge is 0.543 e. The summed E-state index contributed by atoms with van der Waals surface area (Å²) in [6.45, 7) is 1.53. The molecule has 0 bridgehead atoms. The minimum absolute atomic E-state index is 0. The zero-order valence-electron chi connectivity index (χ0n) is 12.4. The first kappa shape index (κ1) is 17.9. The summed E-state index contributed by atoms with van der Waals surface area (Å²) < 4.78 is 1.22. The molecule has 2 amide bonds. The van der Waals surface area contributed by atoms with E-state index in [9.17, 15) is 19.5 Å². The van der Waals surface area contributed by atoms with Crippen LogP contribution >= 0.6 is 11.8 Å². The standard InChI is InChI=1S/C11H12N6O4S.Na/c1-5-3-22-10-7(9(19)17(10)8(5)11(20)21)13-6(18)2-16-4-12-14-15-16;/h4,7,10H,2-3H2,1H3,(H,13,18)(H,20,21);/q;+1/p-1/t7-,10-;/m1./s1. The monoisotopic (exact) mass is 346 g/mol. The van der Waals surface area contributed by atoms with E-state index in [2.05, 4.69) is 20.8 Å². The van der Waals surface area contributed by atoms with E-state index in [1.54, 1.807) is 6.92 Å². The predicted molar refractivity (Wildman–Crippen MR) is 70.5 cm³/mol. The molecule has 1 aromatic heterocycles. The molecule has 1 aromatic rings. The molecule has 0 radical (unpaired) electrons. The van der Waals surface area contributed by atoms with Gasteiger partial charge >= 0.3 is 29.6 Å². The van der Waals surface area contributed by atoms with Gasteiger partial charge < -0.3 is 15.2 Å². The zero-order valence-corrected chi connectivity index (χ0v) is 15.2. The van der Waals surface area contributed by atoms with E-state index < -0.39 is 29.2 Å². The molecule has 0 aliphatic carbocycles. The fraction of sp³-hybridized carbons (Fsp3) is 0.455. The first-order valence-electron chi connectivity index (χ1n) is 6.35. The van der Waals surface area contributed by atoms with E-state index in [1.165, 1.54) is 27.7 Å². The Kier molecular flexibility index (Phi) is 5.45. The van der Waals surface area contributed by atoms with Gasteiger partial charge in [0.1, 0.15) is 24.3 Å². The second-order valence-corrected chi connectivity index (χ2v) is 5.98. The summed E-state index contributed by atoms with van der Waals surface area (Å²) in [4.78, 5) is 36.3. The van der Waals surface area contributed by atoms with Gasteiger partial charge in [-0.15, -0.1) is 16.9 Å². The Morgan fingerprint density at radius 1 is 1.52 bits per heavy atom. The Morgan fingerprint density at radius 3 is 2.87 bits per heavy atom. The van der Waals surface area contributed by atoms with Gasteiger partial charge in [-0.3, -0.25) is 14.5 Å². The average Bonchev–Trinajstić information content (AvgIpc) is 2.97. The van der Waals surface area contributed by atoms with Crippen LogP contribution in [0.15, 0.2) is 17.6 Å². The van der Waals surface area contributed by atoms with Crippen LogP contribution in [0.5, 0.6) is 0 Å². The number of β-lactam (4-membered cyclic amide) rings is 1. The van der Waals surface area contributed by atoms with Gasteiger partial charge in [-0.25, -0.2) is 4.68 Å². The molecule has 2 aliphatic rings. The Labute approximate surface area is 156 Å². The van der Waals surface area contributed by atoms with E-state index in [0.29, 0.717) is 11.3 Å². The minimum Gasteiger partial charge on any atom is -0.543 e. The Hall–Kier alpha value is -1.43. The van der Waals surface area contributed by atoms with Crippen LogP contribution in [0, 0.1) is 0 Å². The van der Waals surface area contributed by atoms with Crippen LogP contribution in [0.3, 0.4) is 0 Å². The van der Waals surface area contributed by atoms with Gasteiger partial charge in [-0.2, -0.15) is 0 Å². The Morgan fingerprint density at radius 2 is 2.26 bits per heavy atom. The molecule has 0 spiro atoms. The molecule has 1 fully saturated rings. The number of hydrogen-bond acceptors (Lipinski definition) is 8. The quantitative estimate of drug-likeness (QED) is 0.421. The van der Waals surface area contributed by atoms with Gasteiger partial charge in [0.25, 0.3) is 5.91 Å². The first-order valence-corrected chi connectivity index (χ1v) is 7.40. The van der Waals surface area contributed by atoms with Crippen LogP contribution in [0.25, 0.3) is 0 Å². The number of aliphatic carboxylic acids is 1. The average molecular weight is 346 g/mol. The largest absolute Gasteiger partial charge is 1.00 e. The molecule has 3 rings (SSSR count). The molecule has 1 saturated heterocycles. The molecule has 12 heteroatoms. The van der Waals surface area contributed by atoms with Crippen molar-refractivity contribution >= 4 is 29.5 Å². The molecular weight excluding hydrogens is 335 g/mol. The van der Waals surface area contributed by atoms with E-state index in [1.807, 2.05) is 0 Å². The van der Waals surface area contributed by atoms with Crippen LogP contribution in [0.1, 0.15) is 6.92 Å². The topological polar surface area (TPSA) is 133 Å². The number of nitrogens with one attached hydrogen (secondary N) is 1. The molecule has 2 aliphatic heterocycles. The number of hydrogen-bond donors (Lipinski definition) is 1. The number of carboxylic acid groups (broad SMARTS) is 1. The van der Waals surface area contributed by atoms with Crippen molar-refractivity contribution in [2.45, 2.75) is 24.9 Å². The van der Waals surface area contributed by atoms with Crippen molar-refractivity contribution < 1.29 is 49.0 Å². The summed E-state index contributed by atoms with van der Waals surface area (Å²) in [5.41, 5.74) is 0.479. The van der Waals surface area contributed by atoms with Gasteiger partial charge in [0.2, 0.25) is 5.91 Å². The maximum atomic E-state index is 12.1. The second kappa shape index (κ2) is 6.99. The van der Waals surface area contributed by atoms with Crippen LogP contribution in [0.4, 0.5) is 0 Å². The van der Waals surface area contributed by atoms with Gasteiger partial charge in [0.05, 0.1) is 11.7 Å². The van der Waals surface area contributed by atoms with E-state index in [-0.39, 0.29) is 41.8 Å². The minimum atomic E-state index is -1.38. The Balaban J connectivity index is 0.00000192. The zero-order chi connectivity index (χ0) is 15.9. The van der Waals surface area contributed by atoms with Crippen molar-refractivity contribution in [2.24, 2.45) is 0 Å². The fourth-order valence-electron chi connectivity index (χ4n) is 2.38. The number of amides is 2. The second-order valence-electron chi connectivity index (χ2n) is 4.88. The van der Waals surface area contributed by atoms with Crippen molar-refractivity contribution in [3.8, 4) is 0 Å². The number of nitrogens with zero attached hydrogens (tertiary/aromatic N) is 5. The number of carbonyl (C=O) groups excluding carboxylic acids is 3. The van der Waals surface area contributed by atoms with Crippen LogP contribution in [-0.4, -0.2) is 60.1 Å². The van der Waals surface area contributed by atoms with Crippen molar-refractivity contribution in [3.63, 3.8) is 0 Å². The maximum Gasteiger partial charge on any atom is 1.00 e. The number of carboxylic acids is 1. The van der Waals surface area contributed by atoms with Crippen LogP contribution < -0.4 is 40.0 Å². The van der Waals surface area contributed by atoms with Crippen molar-refractivity contribution in [3.05, 3.63) is 17.6 Å². The first-order chi connectivity index (χ1) is 10.5. The van der Waals surface area contributed by atoms with E-state index in [4.69, 9.17) is 0 Å². The normalized spacial score (nSPS) is 22.8. The summed E-state index contributed by atoms with van der Waals surface area (Å²) in [5.74, 6) is -1.79.